The van der Waals surface area contributed by atoms with Gasteiger partial charge in [0.2, 0.25) is 0 Å². The van der Waals surface area contributed by atoms with Crippen LogP contribution in [0.2, 0.25) is 0 Å². The minimum Gasteiger partial charge on any atom is -0.496 e. The number of hydrogen-bond donors (Lipinski definition) is 1. The van der Waals surface area contributed by atoms with Crippen LogP contribution in [0.1, 0.15) is 30.9 Å². The second-order valence-corrected chi connectivity index (χ2v) is 5.61. The van der Waals surface area contributed by atoms with Crippen LogP contribution in [0, 0.1) is 18.8 Å². The summed E-state index contributed by atoms with van der Waals surface area (Å²) >= 11 is 0. The van der Waals surface area contributed by atoms with E-state index in [1.54, 1.807) is 7.11 Å². The molecule has 1 aromatic carbocycles. The zero-order valence-electron chi connectivity index (χ0n) is 12.0. The van der Waals surface area contributed by atoms with Crippen molar-refractivity contribution in [2.45, 2.75) is 39.2 Å². The van der Waals surface area contributed by atoms with Crippen LogP contribution >= 0.6 is 0 Å². The molecule has 2 heteroatoms. The predicted octanol–water partition coefficient (Wildman–Crippen LogP) is 3.18. The normalized spacial score (nSPS) is 18.4. The van der Waals surface area contributed by atoms with E-state index in [4.69, 9.17) is 4.74 Å². The van der Waals surface area contributed by atoms with E-state index in [1.807, 2.05) is 0 Å². The smallest absolute Gasteiger partial charge is 0.122 e. The van der Waals surface area contributed by atoms with E-state index in [0.29, 0.717) is 6.04 Å². The molecule has 1 N–H and O–H groups in total. The first kappa shape index (κ1) is 13.4. The topological polar surface area (TPSA) is 21.3 Å². The number of nitrogens with one attached hydrogen (secondary N) is 1. The molecule has 2 rings (SSSR count). The second-order valence-electron chi connectivity index (χ2n) is 5.61. The number of ether oxygens (including phenoxy) is 1. The van der Waals surface area contributed by atoms with Gasteiger partial charge in [0.25, 0.3) is 0 Å². The molecule has 0 saturated heterocycles. The maximum Gasteiger partial charge on any atom is 0.122 e. The molecule has 0 bridgehead atoms. The van der Waals surface area contributed by atoms with Crippen LogP contribution in [0.5, 0.6) is 5.75 Å². The van der Waals surface area contributed by atoms with Gasteiger partial charge in [-0.1, -0.05) is 24.6 Å². The van der Waals surface area contributed by atoms with Crippen molar-refractivity contribution in [1.29, 1.82) is 0 Å². The van der Waals surface area contributed by atoms with Gasteiger partial charge in [-0.15, -0.1) is 0 Å². The molecular formula is C16H25NO. The zero-order chi connectivity index (χ0) is 13.1. The summed E-state index contributed by atoms with van der Waals surface area (Å²) in [6.45, 7) is 4.52. The molecule has 0 heterocycles. The Labute approximate surface area is 111 Å². The minimum absolute atomic E-state index is 0.549. The van der Waals surface area contributed by atoms with Gasteiger partial charge in [0.1, 0.15) is 5.75 Å². The molecule has 2 nitrogen and oxygen atoms in total. The predicted molar refractivity (Wildman–Crippen MR) is 76.2 cm³/mol. The van der Waals surface area contributed by atoms with E-state index in [0.717, 1.165) is 24.0 Å². The zero-order valence-corrected chi connectivity index (χ0v) is 12.0. The summed E-state index contributed by atoms with van der Waals surface area (Å²) in [5.41, 5.74) is 2.63. The maximum absolute atomic E-state index is 5.47. The van der Waals surface area contributed by atoms with Crippen LogP contribution < -0.4 is 10.1 Å². The van der Waals surface area contributed by atoms with E-state index in [1.165, 1.54) is 24.0 Å². The molecule has 0 amide bonds. The van der Waals surface area contributed by atoms with Gasteiger partial charge in [-0.3, -0.25) is 0 Å². The number of likely N-dealkylation sites (N-methyl/N-ethyl adjacent to an activating group) is 1. The van der Waals surface area contributed by atoms with Crippen LogP contribution in [0.15, 0.2) is 18.2 Å². The van der Waals surface area contributed by atoms with Crippen molar-refractivity contribution in [2.24, 2.45) is 11.8 Å². The number of benzene rings is 1. The Morgan fingerprint density at radius 3 is 2.67 bits per heavy atom. The van der Waals surface area contributed by atoms with Crippen molar-refractivity contribution in [1.82, 2.24) is 5.32 Å². The lowest BCUT2D eigenvalue weighted by Crippen LogP contribution is -2.35. The Bertz CT molecular complexity index is 398. The van der Waals surface area contributed by atoms with E-state index < -0.39 is 0 Å². The van der Waals surface area contributed by atoms with Crippen LogP contribution in [0.4, 0.5) is 0 Å². The summed E-state index contributed by atoms with van der Waals surface area (Å²) < 4.78 is 5.47. The number of hydrogen-bond acceptors (Lipinski definition) is 2. The molecule has 0 aromatic heterocycles. The Balaban J connectivity index is 2.12. The molecule has 100 valence electrons. The molecule has 2 unspecified atom stereocenters. The molecule has 18 heavy (non-hydrogen) atoms. The third-order valence-electron chi connectivity index (χ3n) is 4.25. The highest BCUT2D eigenvalue weighted by atomic mass is 16.5. The average molecular weight is 247 g/mol. The highest BCUT2D eigenvalue weighted by molar-refractivity contribution is 5.37. The van der Waals surface area contributed by atoms with Gasteiger partial charge < -0.3 is 10.1 Å². The third-order valence-corrected chi connectivity index (χ3v) is 4.25. The Morgan fingerprint density at radius 1 is 1.39 bits per heavy atom. The molecule has 1 saturated carbocycles. The second kappa shape index (κ2) is 5.75. The van der Waals surface area contributed by atoms with Gasteiger partial charge in [-0.25, -0.2) is 0 Å². The summed E-state index contributed by atoms with van der Waals surface area (Å²) in [5, 5.41) is 3.49. The fraction of sp³-hybridized carbons (Fsp3) is 0.625. The van der Waals surface area contributed by atoms with Crippen molar-refractivity contribution in [3.05, 3.63) is 29.3 Å². The third kappa shape index (κ3) is 3.05. The fourth-order valence-electron chi connectivity index (χ4n) is 2.81. The van der Waals surface area contributed by atoms with Crippen LogP contribution in [-0.2, 0) is 6.42 Å². The molecule has 1 fully saturated rings. The standard InChI is InChI=1S/C16H25NO/c1-11-5-8-16(18-4)14(9-11)10-15(17-3)12(2)13-6-7-13/h5,8-9,12-13,15,17H,6-7,10H2,1-4H3. The van der Waals surface area contributed by atoms with Crippen LogP contribution in [0.25, 0.3) is 0 Å². The van der Waals surface area contributed by atoms with E-state index in [-0.39, 0.29) is 0 Å². The lowest BCUT2D eigenvalue weighted by molar-refractivity contribution is 0.350. The fourth-order valence-corrected chi connectivity index (χ4v) is 2.81. The van der Waals surface area contributed by atoms with Crippen LogP contribution in [-0.4, -0.2) is 20.2 Å². The average Bonchev–Trinajstić information content (AvgIpc) is 3.19. The number of methoxy groups -OCH3 is 1. The minimum atomic E-state index is 0.549. The number of rotatable bonds is 6. The van der Waals surface area contributed by atoms with E-state index in [2.05, 4.69) is 44.4 Å². The highest BCUT2D eigenvalue weighted by Gasteiger charge is 2.32. The van der Waals surface area contributed by atoms with Gasteiger partial charge in [0.15, 0.2) is 0 Å². The van der Waals surface area contributed by atoms with Gasteiger partial charge in [0.05, 0.1) is 7.11 Å². The lowest BCUT2D eigenvalue weighted by Gasteiger charge is -2.24. The molecular weight excluding hydrogens is 222 g/mol. The van der Waals surface area contributed by atoms with Gasteiger partial charge in [-0.05, 0) is 56.7 Å². The SMILES string of the molecule is CNC(Cc1cc(C)ccc1OC)C(C)C1CC1. The summed E-state index contributed by atoms with van der Waals surface area (Å²) in [6.07, 6.45) is 3.87. The quantitative estimate of drug-likeness (QED) is 0.833. The first-order chi connectivity index (χ1) is 8.65. The highest BCUT2D eigenvalue weighted by Crippen LogP contribution is 2.39. The van der Waals surface area contributed by atoms with Gasteiger partial charge in [-0.2, -0.15) is 0 Å². The first-order valence-corrected chi connectivity index (χ1v) is 6.96. The van der Waals surface area contributed by atoms with Gasteiger partial charge in [0, 0.05) is 6.04 Å². The Hall–Kier alpha value is -1.02. The molecule has 1 aliphatic carbocycles. The first-order valence-electron chi connectivity index (χ1n) is 6.96. The molecule has 2 atom stereocenters. The summed E-state index contributed by atoms with van der Waals surface area (Å²) in [4.78, 5) is 0. The monoisotopic (exact) mass is 247 g/mol. The number of aryl methyl sites for hydroxylation is 1. The van der Waals surface area contributed by atoms with Crippen LogP contribution in [0.3, 0.4) is 0 Å². The molecule has 0 spiro atoms. The molecule has 1 aliphatic rings. The summed E-state index contributed by atoms with van der Waals surface area (Å²) in [5.74, 6) is 2.70. The lowest BCUT2D eigenvalue weighted by atomic mass is 9.90. The van der Waals surface area contributed by atoms with Crippen molar-refractivity contribution in [3.63, 3.8) is 0 Å². The maximum atomic E-state index is 5.47. The van der Waals surface area contributed by atoms with Gasteiger partial charge >= 0.3 is 0 Å². The summed E-state index contributed by atoms with van der Waals surface area (Å²) in [7, 11) is 3.83. The van der Waals surface area contributed by atoms with E-state index in [9.17, 15) is 0 Å². The molecule has 0 aliphatic heterocycles. The Kier molecular flexibility index (Phi) is 4.28. The largest absolute Gasteiger partial charge is 0.496 e. The Morgan fingerprint density at radius 2 is 2.11 bits per heavy atom. The van der Waals surface area contributed by atoms with Crippen molar-refractivity contribution in [2.75, 3.05) is 14.2 Å². The van der Waals surface area contributed by atoms with E-state index >= 15 is 0 Å². The molecule has 0 radical (unpaired) electrons. The summed E-state index contributed by atoms with van der Waals surface area (Å²) in [6, 6.07) is 7.00. The van der Waals surface area contributed by atoms with Crippen molar-refractivity contribution < 1.29 is 4.74 Å². The molecule has 1 aromatic rings. The van der Waals surface area contributed by atoms with Crippen molar-refractivity contribution >= 4 is 0 Å². The van der Waals surface area contributed by atoms with Crippen molar-refractivity contribution in [3.8, 4) is 5.75 Å².